The van der Waals surface area contributed by atoms with Gasteiger partial charge in [0.1, 0.15) is 6.04 Å². The zero-order chi connectivity index (χ0) is 13.3. The molecule has 1 amide bonds. The summed E-state index contributed by atoms with van der Waals surface area (Å²) in [6, 6.07) is -1.69. The van der Waals surface area contributed by atoms with Crippen LogP contribution in [0.1, 0.15) is 13.8 Å². The maximum Gasteiger partial charge on any atom is 0.327 e. The van der Waals surface area contributed by atoms with Crippen molar-refractivity contribution in [3.63, 3.8) is 0 Å². The molecule has 0 bridgehead atoms. The highest BCUT2D eigenvalue weighted by Gasteiger charge is 2.22. The molecule has 7 nitrogen and oxygen atoms in total. The van der Waals surface area contributed by atoms with Crippen LogP contribution >= 0.6 is 0 Å². The lowest BCUT2D eigenvalue weighted by molar-refractivity contribution is -0.141. The lowest BCUT2D eigenvalue weighted by atomic mass is 10.2. The first-order valence-electron chi connectivity index (χ1n) is 5.73. The van der Waals surface area contributed by atoms with E-state index in [1.807, 2.05) is 13.8 Å². The van der Waals surface area contributed by atoms with Gasteiger partial charge in [-0.3, -0.25) is 4.79 Å². The van der Waals surface area contributed by atoms with Crippen molar-refractivity contribution >= 4 is 11.9 Å². The van der Waals surface area contributed by atoms with E-state index in [0.717, 1.165) is 0 Å². The normalized spacial score (nSPS) is 14.1. The molecular weight excluding hydrogens is 224 g/mol. The van der Waals surface area contributed by atoms with E-state index in [1.54, 1.807) is 0 Å². The van der Waals surface area contributed by atoms with Crippen LogP contribution in [0.2, 0.25) is 0 Å². The summed E-state index contributed by atoms with van der Waals surface area (Å²) in [5.74, 6) is -1.54. The fourth-order valence-corrected chi connectivity index (χ4v) is 1.16. The first kappa shape index (κ1) is 15.8. The number of nitrogens with one attached hydrogen (secondary N) is 3. The predicted octanol–water partition coefficient (Wildman–Crippen LogP) is -1.90. The molecule has 0 saturated heterocycles. The SMILES string of the molecule is CCNCC(N)C(=O)NC(CNCC)C(=O)O. The van der Waals surface area contributed by atoms with E-state index in [9.17, 15) is 9.59 Å². The van der Waals surface area contributed by atoms with Crippen molar-refractivity contribution in [1.82, 2.24) is 16.0 Å². The Balaban J connectivity index is 4.15. The minimum absolute atomic E-state index is 0.186. The molecular formula is C10H22N4O3. The van der Waals surface area contributed by atoms with Crippen LogP contribution in [0.3, 0.4) is 0 Å². The summed E-state index contributed by atoms with van der Waals surface area (Å²) >= 11 is 0. The van der Waals surface area contributed by atoms with Crippen LogP contribution in [0.4, 0.5) is 0 Å². The number of carbonyl (C=O) groups is 2. The molecule has 100 valence electrons. The average molecular weight is 246 g/mol. The molecule has 0 aliphatic carbocycles. The zero-order valence-corrected chi connectivity index (χ0v) is 10.3. The maximum atomic E-state index is 11.6. The summed E-state index contributed by atoms with van der Waals surface area (Å²) in [6.07, 6.45) is 0. The second-order valence-corrected chi connectivity index (χ2v) is 3.62. The minimum atomic E-state index is -1.07. The molecule has 0 aromatic rings. The van der Waals surface area contributed by atoms with E-state index in [-0.39, 0.29) is 6.54 Å². The Hall–Kier alpha value is -1.18. The molecule has 17 heavy (non-hydrogen) atoms. The van der Waals surface area contributed by atoms with Crippen molar-refractivity contribution in [1.29, 1.82) is 0 Å². The number of carboxylic acids is 1. The number of nitrogens with two attached hydrogens (primary N) is 1. The largest absolute Gasteiger partial charge is 0.480 e. The molecule has 0 aliphatic rings. The van der Waals surface area contributed by atoms with Crippen LogP contribution in [-0.4, -0.2) is 55.2 Å². The van der Waals surface area contributed by atoms with Crippen LogP contribution in [0, 0.1) is 0 Å². The fourth-order valence-electron chi connectivity index (χ4n) is 1.16. The van der Waals surface area contributed by atoms with E-state index in [0.29, 0.717) is 19.6 Å². The number of aliphatic carboxylic acids is 1. The van der Waals surface area contributed by atoms with Crippen molar-refractivity contribution in [2.24, 2.45) is 5.73 Å². The van der Waals surface area contributed by atoms with E-state index >= 15 is 0 Å². The average Bonchev–Trinajstić information content (AvgIpc) is 2.30. The van der Waals surface area contributed by atoms with E-state index < -0.39 is 24.0 Å². The minimum Gasteiger partial charge on any atom is -0.480 e. The summed E-state index contributed by atoms with van der Waals surface area (Å²) in [4.78, 5) is 22.4. The Morgan fingerprint density at radius 3 is 2.18 bits per heavy atom. The Bertz CT molecular complexity index is 248. The standard InChI is InChI=1S/C10H22N4O3/c1-3-12-5-7(11)9(15)14-8(10(16)17)6-13-4-2/h7-8,12-13H,3-6,11H2,1-2H3,(H,14,15)(H,16,17). The number of carboxylic acid groups (broad SMARTS) is 1. The third kappa shape index (κ3) is 6.88. The third-order valence-electron chi connectivity index (χ3n) is 2.16. The molecule has 0 saturated carbocycles. The molecule has 0 fully saturated rings. The van der Waals surface area contributed by atoms with Crippen molar-refractivity contribution in [2.45, 2.75) is 25.9 Å². The Morgan fingerprint density at radius 1 is 1.18 bits per heavy atom. The molecule has 0 aromatic heterocycles. The van der Waals surface area contributed by atoms with Gasteiger partial charge in [0.25, 0.3) is 0 Å². The smallest absolute Gasteiger partial charge is 0.327 e. The zero-order valence-electron chi connectivity index (χ0n) is 10.3. The van der Waals surface area contributed by atoms with Crippen molar-refractivity contribution in [3.05, 3.63) is 0 Å². The number of carbonyl (C=O) groups excluding carboxylic acids is 1. The number of rotatable bonds is 9. The molecule has 2 atom stereocenters. The molecule has 0 rings (SSSR count). The fraction of sp³-hybridized carbons (Fsp3) is 0.800. The summed E-state index contributed by atoms with van der Waals surface area (Å²) in [5.41, 5.74) is 5.59. The van der Waals surface area contributed by atoms with Crippen LogP contribution < -0.4 is 21.7 Å². The second kappa shape index (κ2) is 8.91. The molecule has 0 radical (unpaired) electrons. The van der Waals surface area contributed by atoms with Crippen LogP contribution in [-0.2, 0) is 9.59 Å². The van der Waals surface area contributed by atoms with E-state index in [4.69, 9.17) is 10.8 Å². The van der Waals surface area contributed by atoms with Gasteiger partial charge >= 0.3 is 5.97 Å². The van der Waals surface area contributed by atoms with E-state index in [1.165, 1.54) is 0 Å². The van der Waals surface area contributed by atoms with Crippen LogP contribution in [0.25, 0.3) is 0 Å². The van der Waals surface area contributed by atoms with Crippen LogP contribution in [0.15, 0.2) is 0 Å². The van der Waals surface area contributed by atoms with Crippen molar-refractivity contribution in [3.8, 4) is 0 Å². The number of amides is 1. The highest BCUT2D eigenvalue weighted by atomic mass is 16.4. The number of hydrogen-bond acceptors (Lipinski definition) is 5. The van der Waals surface area contributed by atoms with Gasteiger partial charge in [-0.15, -0.1) is 0 Å². The first-order valence-corrected chi connectivity index (χ1v) is 5.73. The molecule has 0 aromatic carbocycles. The maximum absolute atomic E-state index is 11.6. The van der Waals surface area contributed by atoms with Gasteiger partial charge in [0.05, 0.1) is 6.04 Å². The van der Waals surface area contributed by atoms with Gasteiger partial charge in [-0.2, -0.15) is 0 Å². The summed E-state index contributed by atoms with van der Waals surface area (Å²) in [7, 11) is 0. The molecule has 0 aliphatic heterocycles. The topological polar surface area (TPSA) is 116 Å². The Morgan fingerprint density at radius 2 is 1.71 bits per heavy atom. The lowest BCUT2D eigenvalue weighted by Gasteiger charge is -2.18. The van der Waals surface area contributed by atoms with Gasteiger partial charge in [-0.05, 0) is 13.1 Å². The van der Waals surface area contributed by atoms with Gasteiger partial charge in [-0.1, -0.05) is 13.8 Å². The highest BCUT2D eigenvalue weighted by molar-refractivity contribution is 5.87. The molecule has 2 unspecified atom stereocenters. The molecule has 7 heteroatoms. The summed E-state index contributed by atoms with van der Waals surface area (Å²) < 4.78 is 0. The molecule has 6 N–H and O–H groups in total. The highest BCUT2D eigenvalue weighted by Crippen LogP contribution is 1.86. The van der Waals surface area contributed by atoms with E-state index in [2.05, 4.69) is 16.0 Å². The van der Waals surface area contributed by atoms with Gasteiger partial charge in [-0.25, -0.2) is 4.79 Å². The second-order valence-electron chi connectivity index (χ2n) is 3.62. The summed E-state index contributed by atoms with van der Waals surface area (Å²) in [6.45, 7) is 5.62. The van der Waals surface area contributed by atoms with Gasteiger partial charge in [0, 0.05) is 13.1 Å². The van der Waals surface area contributed by atoms with Gasteiger partial charge in [0.2, 0.25) is 5.91 Å². The quantitative estimate of drug-likeness (QED) is 0.324. The number of hydrogen-bond donors (Lipinski definition) is 5. The Kier molecular flexibility index (Phi) is 8.29. The predicted molar refractivity (Wildman–Crippen MR) is 64.6 cm³/mol. The van der Waals surface area contributed by atoms with Gasteiger partial charge < -0.3 is 26.8 Å². The monoisotopic (exact) mass is 246 g/mol. The van der Waals surface area contributed by atoms with Crippen molar-refractivity contribution in [2.75, 3.05) is 26.2 Å². The number of likely N-dealkylation sites (N-methyl/N-ethyl adjacent to an activating group) is 2. The van der Waals surface area contributed by atoms with Gasteiger partial charge in [0.15, 0.2) is 0 Å². The summed E-state index contributed by atoms with van der Waals surface area (Å²) in [5, 5.41) is 17.1. The Labute approximate surface area is 101 Å². The van der Waals surface area contributed by atoms with Crippen molar-refractivity contribution < 1.29 is 14.7 Å². The molecule has 0 heterocycles. The molecule has 0 spiro atoms. The third-order valence-corrected chi connectivity index (χ3v) is 2.16. The lowest BCUT2D eigenvalue weighted by Crippen LogP contribution is -2.54. The van der Waals surface area contributed by atoms with Crippen LogP contribution in [0.5, 0.6) is 0 Å². The first-order chi connectivity index (χ1) is 8.02.